The van der Waals surface area contributed by atoms with E-state index in [4.69, 9.17) is 5.11 Å². The minimum absolute atomic E-state index is 0.187. The number of hydrogen-bond donors (Lipinski definition) is 3. The van der Waals surface area contributed by atoms with Crippen LogP contribution in [-0.4, -0.2) is 29.5 Å². The van der Waals surface area contributed by atoms with Crippen molar-refractivity contribution in [3.63, 3.8) is 0 Å². The Morgan fingerprint density at radius 2 is 1.88 bits per heavy atom. The Labute approximate surface area is 103 Å². The Kier molecular flexibility index (Phi) is 6.19. The van der Waals surface area contributed by atoms with Gasteiger partial charge in [0.2, 0.25) is 0 Å². The van der Waals surface area contributed by atoms with Gasteiger partial charge in [-0.3, -0.25) is 0 Å². The summed E-state index contributed by atoms with van der Waals surface area (Å²) in [6.45, 7) is 4.44. The molecule has 0 aliphatic rings. The first-order valence-electron chi connectivity index (χ1n) is 6.28. The molecule has 17 heavy (non-hydrogen) atoms. The average Bonchev–Trinajstić information content (AvgIpc) is 2.36. The molecule has 0 aliphatic heterocycles. The number of aliphatic hydroxyl groups excluding tert-OH is 2. The van der Waals surface area contributed by atoms with Crippen molar-refractivity contribution in [2.75, 3.05) is 13.2 Å². The average molecular weight is 237 g/mol. The number of aryl methyl sites for hydroxylation is 1. The first kappa shape index (κ1) is 14.2. The van der Waals surface area contributed by atoms with Crippen molar-refractivity contribution in [2.45, 2.75) is 38.8 Å². The fraction of sp³-hybridized carbons (Fsp3) is 0.571. The summed E-state index contributed by atoms with van der Waals surface area (Å²) in [5.74, 6) is 0. The molecular weight excluding hydrogens is 214 g/mol. The number of aliphatic hydroxyl groups is 2. The van der Waals surface area contributed by atoms with E-state index in [2.05, 4.69) is 43.4 Å². The quantitative estimate of drug-likeness (QED) is 0.676. The maximum Gasteiger partial charge on any atom is 0.0895 e. The zero-order valence-corrected chi connectivity index (χ0v) is 10.7. The predicted octanol–water partition coefficient (Wildman–Crippen LogP) is 1.64. The van der Waals surface area contributed by atoms with Crippen molar-refractivity contribution in [2.24, 2.45) is 0 Å². The molecular formula is C14H23NO2. The van der Waals surface area contributed by atoms with E-state index in [0.717, 1.165) is 12.8 Å². The van der Waals surface area contributed by atoms with E-state index in [0.29, 0.717) is 6.54 Å². The summed E-state index contributed by atoms with van der Waals surface area (Å²) < 4.78 is 0. The van der Waals surface area contributed by atoms with Crippen LogP contribution >= 0.6 is 0 Å². The van der Waals surface area contributed by atoms with Gasteiger partial charge in [-0.15, -0.1) is 0 Å². The largest absolute Gasteiger partial charge is 0.394 e. The molecule has 3 nitrogen and oxygen atoms in total. The molecule has 1 aromatic carbocycles. The van der Waals surface area contributed by atoms with Gasteiger partial charge in [0.05, 0.1) is 12.7 Å². The molecule has 1 rings (SSSR count). The van der Waals surface area contributed by atoms with E-state index in [1.54, 1.807) is 0 Å². The van der Waals surface area contributed by atoms with Crippen LogP contribution in [-0.2, 0) is 6.42 Å². The molecule has 0 aromatic heterocycles. The highest BCUT2D eigenvalue weighted by Gasteiger charge is 2.07. The van der Waals surface area contributed by atoms with Crippen LogP contribution in [0.5, 0.6) is 0 Å². The van der Waals surface area contributed by atoms with E-state index in [1.807, 2.05) is 0 Å². The summed E-state index contributed by atoms with van der Waals surface area (Å²) >= 11 is 0. The standard InChI is InChI=1S/C14H23NO2/c1-3-4-12-5-7-13(8-6-12)11(2)15-9-14(17)10-16/h5-8,11,14-17H,3-4,9-10H2,1-2H3. The van der Waals surface area contributed by atoms with Gasteiger partial charge in [0.1, 0.15) is 0 Å². The lowest BCUT2D eigenvalue weighted by Crippen LogP contribution is -2.31. The molecule has 0 bridgehead atoms. The summed E-state index contributed by atoms with van der Waals surface area (Å²) in [4.78, 5) is 0. The number of rotatable bonds is 7. The molecule has 0 heterocycles. The normalized spacial score (nSPS) is 14.6. The van der Waals surface area contributed by atoms with Crippen LogP contribution in [0.4, 0.5) is 0 Å². The fourth-order valence-electron chi connectivity index (χ4n) is 1.76. The number of hydrogen-bond acceptors (Lipinski definition) is 3. The van der Waals surface area contributed by atoms with Crippen molar-refractivity contribution in [3.8, 4) is 0 Å². The molecule has 3 heteroatoms. The molecule has 3 N–H and O–H groups in total. The Bertz CT molecular complexity index is 311. The maximum atomic E-state index is 9.26. The fourth-order valence-corrected chi connectivity index (χ4v) is 1.76. The number of nitrogens with one attached hydrogen (secondary N) is 1. The van der Waals surface area contributed by atoms with Gasteiger partial charge in [0.25, 0.3) is 0 Å². The second-order valence-electron chi connectivity index (χ2n) is 4.46. The van der Waals surface area contributed by atoms with Crippen LogP contribution in [0.25, 0.3) is 0 Å². The van der Waals surface area contributed by atoms with Crippen LogP contribution in [0.3, 0.4) is 0 Å². The summed E-state index contributed by atoms with van der Waals surface area (Å²) in [7, 11) is 0. The molecule has 0 saturated carbocycles. The lowest BCUT2D eigenvalue weighted by Gasteiger charge is -2.16. The van der Waals surface area contributed by atoms with E-state index in [9.17, 15) is 5.11 Å². The molecule has 0 fully saturated rings. The molecule has 1 aromatic rings. The van der Waals surface area contributed by atoms with Crippen LogP contribution in [0.2, 0.25) is 0 Å². The molecule has 0 aliphatic carbocycles. The van der Waals surface area contributed by atoms with E-state index < -0.39 is 6.10 Å². The summed E-state index contributed by atoms with van der Waals surface area (Å²) in [5, 5.41) is 21.2. The third-order valence-electron chi connectivity index (χ3n) is 2.89. The van der Waals surface area contributed by atoms with Crippen molar-refractivity contribution in [1.82, 2.24) is 5.32 Å². The highest BCUT2D eigenvalue weighted by Crippen LogP contribution is 2.14. The first-order valence-corrected chi connectivity index (χ1v) is 6.28. The van der Waals surface area contributed by atoms with E-state index in [-0.39, 0.29) is 12.6 Å². The van der Waals surface area contributed by atoms with Gasteiger partial charge in [-0.2, -0.15) is 0 Å². The van der Waals surface area contributed by atoms with Crippen LogP contribution in [0, 0.1) is 0 Å². The Hall–Kier alpha value is -0.900. The highest BCUT2D eigenvalue weighted by molar-refractivity contribution is 5.24. The minimum atomic E-state index is -0.684. The Morgan fingerprint density at radius 3 is 2.41 bits per heavy atom. The molecule has 0 radical (unpaired) electrons. The van der Waals surface area contributed by atoms with Crippen LogP contribution in [0.1, 0.15) is 37.4 Å². The van der Waals surface area contributed by atoms with Gasteiger partial charge >= 0.3 is 0 Å². The second kappa shape index (κ2) is 7.43. The molecule has 2 unspecified atom stereocenters. The summed E-state index contributed by atoms with van der Waals surface area (Å²) in [5.41, 5.74) is 2.56. The third kappa shape index (κ3) is 4.86. The number of benzene rings is 1. The topological polar surface area (TPSA) is 52.5 Å². The molecule has 96 valence electrons. The second-order valence-corrected chi connectivity index (χ2v) is 4.46. The van der Waals surface area contributed by atoms with Gasteiger partial charge in [-0.1, -0.05) is 37.6 Å². The Morgan fingerprint density at radius 1 is 1.24 bits per heavy atom. The predicted molar refractivity (Wildman–Crippen MR) is 69.9 cm³/mol. The van der Waals surface area contributed by atoms with Gasteiger partial charge in [-0.05, 0) is 24.5 Å². The first-order chi connectivity index (χ1) is 8.17. The van der Waals surface area contributed by atoms with Crippen molar-refractivity contribution >= 4 is 0 Å². The summed E-state index contributed by atoms with van der Waals surface area (Å²) in [6.07, 6.45) is 1.60. The smallest absolute Gasteiger partial charge is 0.0895 e. The SMILES string of the molecule is CCCc1ccc(C(C)NCC(O)CO)cc1. The minimum Gasteiger partial charge on any atom is -0.394 e. The van der Waals surface area contributed by atoms with Gasteiger partial charge < -0.3 is 15.5 Å². The molecule has 2 atom stereocenters. The highest BCUT2D eigenvalue weighted by atomic mass is 16.3. The van der Waals surface area contributed by atoms with Crippen LogP contribution < -0.4 is 5.32 Å². The molecule has 0 spiro atoms. The zero-order chi connectivity index (χ0) is 12.7. The van der Waals surface area contributed by atoms with Crippen molar-refractivity contribution < 1.29 is 10.2 Å². The monoisotopic (exact) mass is 237 g/mol. The lowest BCUT2D eigenvalue weighted by atomic mass is 10.0. The molecule has 0 amide bonds. The zero-order valence-electron chi connectivity index (χ0n) is 10.7. The van der Waals surface area contributed by atoms with E-state index in [1.165, 1.54) is 11.1 Å². The van der Waals surface area contributed by atoms with Crippen molar-refractivity contribution in [3.05, 3.63) is 35.4 Å². The maximum absolute atomic E-state index is 9.26. The Balaban J connectivity index is 2.48. The van der Waals surface area contributed by atoms with Gasteiger partial charge in [0, 0.05) is 12.6 Å². The van der Waals surface area contributed by atoms with E-state index >= 15 is 0 Å². The van der Waals surface area contributed by atoms with Gasteiger partial charge in [-0.25, -0.2) is 0 Å². The van der Waals surface area contributed by atoms with Crippen molar-refractivity contribution in [1.29, 1.82) is 0 Å². The van der Waals surface area contributed by atoms with Gasteiger partial charge in [0.15, 0.2) is 0 Å². The molecule has 0 saturated heterocycles. The summed E-state index contributed by atoms with van der Waals surface area (Å²) in [6, 6.07) is 8.73. The third-order valence-corrected chi connectivity index (χ3v) is 2.89. The lowest BCUT2D eigenvalue weighted by molar-refractivity contribution is 0.0924. The van der Waals surface area contributed by atoms with Crippen LogP contribution in [0.15, 0.2) is 24.3 Å².